The Morgan fingerprint density at radius 1 is 0.911 bits per heavy atom. The van der Waals surface area contributed by atoms with Gasteiger partial charge in [-0.1, -0.05) is 28.1 Å². The van der Waals surface area contributed by atoms with Crippen LogP contribution in [0.15, 0.2) is 61.0 Å². The summed E-state index contributed by atoms with van der Waals surface area (Å²) in [4.78, 5) is 43.5. The highest BCUT2D eigenvalue weighted by Crippen LogP contribution is 2.12. The lowest BCUT2D eigenvalue weighted by Gasteiger charge is -2.26. The van der Waals surface area contributed by atoms with Crippen LogP contribution in [0.5, 0.6) is 11.8 Å². The monoisotopic (exact) mass is 938 g/mol. The van der Waals surface area contributed by atoms with E-state index in [1.807, 2.05) is 18.2 Å². The number of nitrogens with two attached hydrogens (primary N) is 1. The number of alkyl halides is 1. The van der Waals surface area contributed by atoms with Gasteiger partial charge in [0.25, 0.3) is 0 Å². The van der Waals surface area contributed by atoms with E-state index < -0.39 is 11.7 Å². The minimum Gasteiger partial charge on any atom is -0.476 e. The molecule has 0 radical (unpaired) electrons. The van der Waals surface area contributed by atoms with E-state index in [2.05, 4.69) is 81.7 Å². The van der Waals surface area contributed by atoms with Crippen molar-refractivity contribution in [2.75, 3.05) is 52.3 Å². The molecule has 0 atom stereocenters. The number of ether oxygens (including phenoxy) is 3. The summed E-state index contributed by atoms with van der Waals surface area (Å²) < 4.78 is 18.2. The van der Waals surface area contributed by atoms with Crippen LogP contribution in [0.4, 0.5) is 4.79 Å². The molecule has 0 aliphatic heterocycles. The predicted molar refractivity (Wildman–Crippen MR) is 199 cm³/mol. The third kappa shape index (κ3) is 25.6. The molecule has 0 saturated heterocycles. The van der Waals surface area contributed by atoms with E-state index in [1.165, 1.54) is 17.1 Å². The van der Waals surface area contributed by atoms with Crippen molar-refractivity contribution in [1.82, 2.24) is 25.5 Å². The summed E-state index contributed by atoms with van der Waals surface area (Å²) >= 11 is 7.49. The summed E-state index contributed by atoms with van der Waals surface area (Å²) in [5.41, 5.74) is 4.65. The van der Waals surface area contributed by atoms with Gasteiger partial charge in [-0.25, -0.2) is 14.8 Å². The summed E-state index contributed by atoms with van der Waals surface area (Å²) in [7, 11) is 3.14. The molecule has 0 aromatic carbocycles. The Hall–Kier alpha value is -2.22. The highest BCUT2D eigenvalue weighted by Gasteiger charge is 2.21. The average molecular weight is 940 g/mol. The molecule has 2 aromatic heterocycles. The summed E-state index contributed by atoms with van der Waals surface area (Å²) in [5, 5.41) is 5.66. The lowest BCUT2D eigenvalue weighted by atomic mass is 10.2. The van der Waals surface area contributed by atoms with Gasteiger partial charge in [0.2, 0.25) is 23.6 Å². The number of aromatic nitrogens is 2. The molecule has 12 nitrogen and oxygen atoms in total. The number of hydrogen-bond donors (Lipinski definition) is 3. The Morgan fingerprint density at radius 2 is 1.40 bits per heavy atom. The number of carbonyl (C=O) groups is 3. The maximum absolute atomic E-state index is 12.3. The Labute approximate surface area is 307 Å². The molecule has 3 amide bonds. The van der Waals surface area contributed by atoms with Gasteiger partial charge in [0.05, 0.1) is 6.54 Å². The molecule has 0 bridgehead atoms. The first-order valence-corrected chi connectivity index (χ1v) is 16.6. The van der Waals surface area contributed by atoms with Crippen molar-refractivity contribution in [3.63, 3.8) is 0 Å². The fourth-order valence-corrected chi connectivity index (χ4v) is 3.33. The standard InChI is InChI=1S/C17H24IN3O4.C7H9IN2O.C5H8BrNO.ClH/c1-17(2,3)25-16(23)21(9-5-6-14(22)19-4)10-11-24-15-8-7-13(18)12-20-15;8-6-1-2-7(10-5-6)11-4-3-9;1-7-5(8)3-2-4-6;/h5-8,12H,9-11H2,1-4H3,(H,19,22);1-2,5H,3-4,9H2;2-3H,4H2,1H3,(H,7,8);1H/b6-5+;;3-2+;. The predicted octanol–water partition coefficient (Wildman–Crippen LogP) is 4.73. The van der Waals surface area contributed by atoms with Crippen molar-refractivity contribution in [2.45, 2.75) is 26.4 Å². The van der Waals surface area contributed by atoms with Gasteiger partial charge in [-0.05, 0) is 84.2 Å². The van der Waals surface area contributed by atoms with Crippen LogP contribution in [-0.2, 0) is 14.3 Å². The molecule has 16 heteroatoms. The highest BCUT2D eigenvalue weighted by molar-refractivity contribution is 14.1. The van der Waals surface area contributed by atoms with Crippen molar-refractivity contribution in [3.05, 3.63) is 68.1 Å². The second kappa shape index (κ2) is 26.9. The molecule has 2 aromatic rings. The van der Waals surface area contributed by atoms with Crippen molar-refractivity contribution in [1.29, 1.82) is 0 Å². The number of likely N-dealkylation sites (N-methyl/N-ethyl adjacent to an activating group) is 2. The fraction of sp³-hybridized carbons (Fsp3) is 0.414. The quantitative estimate of drug-likeness (QED) is 0.156. The van der Waals surface area contributed by atoms with Gasteiger partial charge in [0.1, 0.15) is 18.8 Å². The van der Waals surface area contributed by atoms with E-state index >= 15 is 0 Å². The molecule has 2 heterocycles. The molecule has 45 heavy (non-hydrogen) atoms. The zero-order valence-electron chi connectivity index (χ0n) is 25.9. The van der Waals surface area contributed by atoms with E-state index in [4.69, 9.17) is 19.9 Å². The van der Waals surface area contributed by atoms with Crippen LogP contribution in [0.2, 0.25) is 0 Å². The average Bonchev–Trinajstić information content (AvgIpc) is 2.99. The molecular weight excluding hydrogens is 898 g/mol. The van der Waals surface area contributed by atoms with Crippen LogP contribution in [0.3, 0.4) is 0 Å². The Kier molecular flexibility index (Phi) is 26.9. The molecule has 0 fully saturated rings. The van der Waals surface area contributed by atoms with E-state index in [9.17, 15) is 14.4 Å². The lowest BCUT2D eigenvalue weighted by Crippen LogP contribution is -2.39. The SMILES string of the molecule is CNC(=O)/C=C/CBr.CNC(=O)/C=C/CN(CCOc1ccc(I)cn1)C(=O)OC(C)(C)C.Cl.NCCOc1ccc(I)cn1. The zero-order valence-corrected chi connectivity index (χ0v) is 32.6. The van der Waals surface area contributed by atoms with Gasteiger partial charge < -0.3 is 35.5 Å². The van der Waals surface area contributed by atoms with Gasteiger partial charge in [0, 0.05) is 70.3 Å². The first-order chi connectivity index (χ1) is 20.8. The summed E-state index contributed by atoms with van der Waals surface area (Å²) in [6, 6.07) is 7.43. The minimum atomic E-state index is -0.599. The third-order valence-electron chi connectivity index (χ3n) is 4.48. The number of nitrogens with zero attached hydrogens (tertiary/aromatic N) is 3. The maximum Gasteiger partial charge on any atom is 0.410 e. The van der Waals surface area contributed by atoms with E-state index in [0.717, 1.165) is 12.5 Å². The highest BCUT2D eigenvalue weighted by atomic mass is 127. The van der Waals surface area contributed by atoms with E-state index in [0.29, 0.717) is 31.5 Å². The molecule has 2 rings (SSSR count). The largest absolute Gasteiger partial charge is 0.476 e. The molecule has 0 unspecified atom stereocenters. The van der Waals surface area contributed by atoms with Gasteiger partial charge in [-0.3, -0.25) is 9.59 Å². The zero-order chi connectivity index (χ0) is 33.4. The molecule has 0 aliphatic carbocycles. The van der Waals surface area contributed by atoms with Crippen molar-refractivity contribution in [2.24, 2.45) is 5.73 Å². The fourth-order valence-electron chi connectivity index (χ4n) is 2.51. The Bertz CT molecular complexity index is 1170. The Balaban J connectivity index is 0. The van der Waals surface area contributed by atoms with Crippen molar-refractivity contribution >= 4 is 91.4 Å². The van der Waals surface area contributed by atoms with Crippen LogP contribution in [0, 0.1) is 7.14 Å². The molecular formula is C29H42BrClI2N6O6. The Morgan fingerprint density at radius 3 is 1.80 bits per heavy atom. The molecule has 0 aliphatic rings. The van der Waals surface area contributed by atoms with Crippen LogP contribution in [0.25, 0.3) is 0 Å². The van der Waals surface area contributed by atoms with Gasteiger partial charge >= 0.3 is 6.09 Å². The van der Waals surface area contributed by atoms with Crippen molar-refractivity contribution in [3.8, 4) is 11.8 Å². The third-order valence-corrected chi connectivity index (χ3v) is 6.13. The van der Waals surface area contributed by atoms with Crippen LogP contribution < -0.4 is 25.8 Å². The maximum atomic E-state index is 12.3. The first kappa shape index (κ1) is 44.9. The number of halogens is 4. The summed E-state index contributed by atoms with van der Waals surface area (Å²) in [5.74, 6) is 0.828. The van der Waals surface area contributed by atoms with Gasteiger partial charge in [-0.2, -0.15) is 0 Å². The van der Waals surface area contributed by atoms with Crippen LogP contribution in [-0.4, -0.2) is 90.6 Å². The van der Waals surface area contributed by atoms with Crippen LogP contribution >= 0.6 is 73.5 Å². The minimum absolute atomic E-state index is 0. The smallest absolute Gasteiger partial charge is 0.410 e. The normalized spacial score (nSPS) is 10.3. The number of pyridine rings is 2. The van der Waals surface area contributed by atoms with E-state index in [-0.39, 0.29) is 37.4 Å². The molecule has 252 valence electrons. The van der Waals surface area contributed by atoms with Crippen molar-refractivity contribution < 1.29 is 28.6 Å². The number of carbonyl (C=O) groups excluding carboxylic acids is 3. The molecule has 0 spiro atoms. The number of rotatable bonds is 12. The number of nitrogens with one attached hydrogen (secondary N) is 2. The summed E-state index contributed by atoms with van der Waals surface area (Å²) in [6.45, 7) is 7.26. The van der Waals surface area contributed by atoms with Gasteiger partial charge in [-0.15, -0.1) is 12.4 Å². The second-order valence-electron chi connectivity index (χ2n) is 9.23. The molecule has 0 saturated carbocycles. The second-order valence-corrected chi connectivity index (χ2v) is 12.4. The topological polar surface area (TPSA) is 158 Å². The van der Waals surface area contributed by atoms with E-state index in [1.54, 1.807) is 65.5 Å². The number of hydrogen-bond acceptors (Lipinski definition) is 9. The lowest BCUT2D eigenvalue weighted by molar-refractivity contribution is -0.116. The number of allylic oxidation sites excluding steroid dienone is 1. The van der Waals surface area contributed by atoms with Gasteiger partial charge in [0.15, 0.2) is 0 Å². The van der Waals surface area contributed by atoms with Crippen LogP contribution in [0.1, 0.15) is 20.8 Å². The molecule has 4 N–H and O–H groups in total. The number of amides is 3. The first-order valence-electron chi connectivity index (χ1n) is 13.3. The summed E-state index contributed by atoms with van der Waals surface area (Å²) in [6.07, 6.45) is 9.19.